The Morgan fingerprint density at radius 1 is 1.31 bits per heavy atom. The van der Waals surface area contributed by atoms with E-state index in [0.717, 1.165) is 4.90 Å². The van der Waals surface area contributed by atoms with Gasteiger partial charge < -0.3 is 14.1 Å². The molecule has 0 spiro atoms. The van der Waals surface area contributed by atoms with Crippen LogP contribution in [0.1, 0.15) is 24.2 Å². The molecule has 29 heavy (non-hydrogen) atoms. The summed E-state index contributed by atoms with van der Waals surface area (Å²) in [5.41, 5.74) is -0.830. The zero-order chi connectivity index (χ0) is 21.0. The summed E-state index contributed by atoms with van der Waals surface area (Å²) in [5, 5.41) is 0. The molecule has 7 nitrogen and oxygen atoms in total. The number of hydrogen-bond acceptors (Lipinski definition) is 5. The Balaban J connectivity index is 1.99. The first-order valence-electron chi connectivity index (χ1n) is 9.11. The molecule has 3 rings (SSSR count). The summed E-state index contributed by atoms with van der Waals surface area (Å²) >= 11 is 0. The summed E-state index contributed by atoms with van der Waals surface area (Å²) in [6.07, 6.45) is 6.64. The van der Waals surface area contributed by atoms with Crippen LogP contribution in [-0.2, 0) is 26.3 Å². The van der Waals surface area contributed by atoms with Crippen molar-refractivity contribution in [2.45, 2.75) is 24.8 Å². The first-order chi connectivity index (χ1) is 13.9. The quantitative estimate of drug-likeness (QED) is 0.530. The van der Waals surface area contributed by atoms with Gasteiger partial charge in [-0.3, -0.25) is 19.3 Å². The molecule has 2 aromatic rings. The minimum Gasteiger partial charge on any atom is -0.496 e. The number of para-hydroxylation sites is 1. The fraction of sp³-hybridized carbons (Fsp3) is 0.318. The molecule has 7 heteroatoms. The fourth-order valence-corrected chi connectivity index (χ4v) is 3.67. The topological polar surface area (TPSA) is 80.1 Å². The standard InChI is InChI=1S/C22H22N2O5/c1-4-11-24(15-16-8-7-12-29-16)20(26)14-22(13-19(25)23(2)21(22)27)17-9-5-6-10-18(17)28-3/h1,5-10,12H,11,13-15H2,2-3H3. The Labute approximate surface area is 169 Å². The number of terminal acetylenes is 1. The Bertz CT molecular complexity index is 960. The number of hydrogen-bond donors (Lipinski definition) is 0. The van der Waals surface area contributed by atoms with Crippen molar-refractivity contribution in [2.75, 3.05) is 20.7 Å². The highest BCUT2D eigenvalue weighted by Gasteiger charge is 2.54. The summed E-state index contributed by atoms with van der Waals surface area (Å²) in [5.74, 6) is 2.37. The van der Waals surface area contributed by atoms with Crippen LogP contribution in [-0.4, -0.2) is 48.2 Å². The number of imide groups is 1. The van der Waals surface area contributed by atoms with Crippen molar-refractivity contribution < 1.29 is 23.5 Å². The van der Waals surface area contributed by atoms with Gasteiger partial charge in [0.25, 0.3) is 0 Å². The summed E-state index contributed by atoms with van der Waals surface area (Å²) in [7, 11) is 2.91. The van der Waals surface area contributed by atoms with Gasteiger partial charge in [-0.2, -0.15) is 0 Å². The van der Waals surface area contributed by atoms with Crippen LogP contribution in [0.5, 0.6) is 5.75 Å². The molecular weight excluding hydrogens is 372 g/mol. The highest BCUT2D eigenvalue weighted by Crippen LogP contribution is 2.43. The van der Waals surface area contributed by atoms with Gasteiger partial charge in [0.15, 0.2) is 0 Å². The molecule has 150 valence electrons. The molecule has 1 aliphatic rings. The van der Waals surface area contributed by atoms with Crippen LogP contribution in [0.3, 0.4) is 0 Å². The van der Waals surface area contributed by atoms with E-state index in [1.807, 2.05) is 0 Å². The van der Waals surface area contributed by atoms with Crippen LogP contribution in [0.2, 0.25) is 0 Å². The van der Waals surface area contributed by atoms with Gasteiger partial charge in [0.1, 0.15) is 11.5 Å². The van der Waals surface area contributed by atoms with Crippen molar-refractivity contribution in [3.05, 3.63) is 54.0 Å². The predicted octanol–water partition coefficient (Wildman–Crippen LogP) is 1.97. The number of likely N-dealkylation sites (tertiary alicyclic amines) is 1. The maximum atomic E-state index is 13.2. The summed E-state index contributed by atoms with van der Waals surface area (Å²) in [6.45, 7) is 0.232. The SMILES string of the molecule is C#CCN(Cc1ccco1)C(=O)CC1(c2ccccc2OC)CC(=O)N(C)C1=O. The van der Waals surface area contributed by atoms with Gasteiger partial charge in [-0.05, 0) is 18.2 Å². The highest BCUT2D eigenvalue weighted by atomic mass is 16.5. The minimum absolute atomic E-state index is 0.0551. The third-order valence-corrected chi connectivity index (χ3v) is 5.18. The van der Waals surface area contributed by atoms with Crippen molar-refractivity contribution in [3.63, 3.8) is 0 Å². The molecule has 1 aliphatic heterocycles. The van der Waals surface area contributed by atoms with Crippen molar-refractivity contribution >= 4 is 17.7 Å². The monoisotopic (exact) mass is 394 g/mol. The fourth-order valence-electron chi connectivity index (χ4n) is 3.67. The number of carbonyl (C=O) groups excluding carboxylic acids is 3. The van der Waals surface area contributed by atoms with E-state index in [9.17, 15) is 14.4 Å². The van der Waals surface area contributed by atoms with E-state index in [1.54, 1.807) is 36.4 Å². The van der Waals surface area contributed by atoms with E-state index in [0.29, 0.717) is 17.1 Å². The largest absolute Gasteiger partial charge is 0.496 e. The first kappa shape index (κ1) is 20.2. The molecule has 3 amide bonds. The van der Waals surface area contributed by atoms with E-state index >= 15 is 0 Å². The van der Waals surface area contributed by atoms with E-state index in [-0.39, 0.29) is 37.7 Å². The molecule has 0 saturated carbocycles. The Morgan fingerprint density at radius 2 is 2.07 bits per heavy atom. The van der Waals surface area contributed by atoms with Crippen molar-refractivity contribution in [3.8, 4) is 18.1 Å². The number of furan rings is 1. The van der Waals surface area contributed by atoms with Crippen LogP contribution < -0.4 is 4.74 Å². The number of nitrogens with zero attached hydrogens (tertiary/aromatic N) is 2. The Kier molecular flexibility index (Phi) is 5.74. The zero-order valence-corrected chi connectivity index (χ0v) is 16.4. The molecule has 1 fully saturated rings. The lowest BCUT2D eigenvalue weighted by molar-refractivity contribution is -0.141. The summed E-state index contributed by atoms with van der Waals surface area (Å²) in [4.78, 5) is 41.3. The van der Waals surface area contributed by atoms with Gasteiger partial charge >= 0.3 is 0 Å². The van der Waals surface area contributed by atoms with Gasteiger partial charge in [-0.1, -0.05) is 24.1 Å². The third kappa shape index (κ3) is 3.74. The molecule has 0 radical (unpaired) electrons. The Hall–Kier alpha value is -3.53. The van der Waals surface area contributed by atoms with Gasteiger partial charge in [0.2, 0.25) is 17.7 Å². The van der Waals surface area contributed by atoms with E-state index in [2.05, 4.69) is 5.92 Å². The average Bonchev–Trinajstić information content (AvgIpc) is 3.31. The summed E-state index contributed by atoms with van der Waals surface area (Å²) in [6, 6.07) is 10.4. The second kappa shape index (κ2) is 8.23. The van der Waals surface area contributed by atoms with Crippen LogP contribution in [0, 0.1) is 12.3 Å². The molecule has 1 unspecified atom stereocenters. The third-order valence-electron chi connectivity index (χ3n) is 5.18. The van der Waals surface area contributed by atoms with Crippen molar-refractivity contribution in [2.24, 2.45) is 0 Å². The molecule has 1 saturated heterocycles. The van der Waals surface area contributed by atoms with Gasteiger partial charge in [-0.15, -0.1) is 6.42 Å². The van der Waals surface area contributed by atoms with Crippen LogP contribution in [0.25, 0.3) is 0 Å². The maximum absolute atomic E-state index is 13.2. The molecule has 1 aromatic heterocycles. The van der Waals surface area contributed by atoms with E-state index in [1.165, 1.54) is 25.3 Å². The van der Waals surface area contributed by atoms with Gasteiger partial charge in [-0.25, -0.2) is 0 Å². The van der Waals surface area contributed by atoms with E-state index < -0.39 is 11.3 Å². The predicted molar refractivity (Wildman–Crippen MR) is 105 cm³/mol. The van der Waals surface area contributed by atoms with Crippen LogP contribution in [0.15, 0.2) is 47.1 Å². The molecule has 0 aliphatic carbocycles. The molecule has 1 atom stereocenters. The minimum atomic E-state index is -1.34. The first-order valence-corrected chi connectivity index (χ1v) is 9.11. The number of methoxy groups -OCH3 is 1. The maximum Gasteiger partial charge on any atom is 0.240 e. The van der Waals surface area contributed by atoms with Crippen LogP contribution >= 0.6 is 0 Å². The smallest absolute Gasteiger partial charge is 0.240 e. The number of amides is 3. The summed E-state index contributed by atoms with van der Waals surface area (Å²) < 4.78 is 10.7. The lowest BCUT2D eigenvalue weighted by atomic mass is 9.75. The molecule has 0 N–H and O–H groups in total. The van der Waals surface area contributed by atoms with Gasteiger partial charge in [0, 0.05) is 25.5 Å². The number of likely N-dealkylation sites (N-methyl/N-ethyl adjacent to an activating group) is 1. The number of rotatable bonds is 7. The molecule has 0 bridgehead atoms. The second-order valence-electron chi connectivity index (χ2n) is 6.93. The number of benzene rings is 1. The zero-order valence-electron chi connectivity index (χ0n) is 16.4. The van der Waals surface area contributed by atoms with Crippen molar-refractivity contribution in [1.29, 1.82) is 0 Å². The van der Waals surface area contributed by atoms with E-state index in [4.69, 9.17) is 15.6 Å². The highest BCUT2D eigenvalue weighted by molar-refractivity contribution is 6.10. The number of carbonyl (C=O) groups is 3. The normalized spacial score (nSPS) is 18.6. The lowest BCUT2D eigenvalue weighted by Gasteiger charge is -2.30. The molecule has 2 heterocycles. The molecule has 1 aromatic carbocycles. The van der Waals surface area contributed by atoms with Crippen molar-refractivity contribution in [1.82, 2.24) is 9.80 Å². The second-order valence-corrected chi connectivity index (χ2v) is 6.93. The Morgan fingerprint density at radius 3 is 2.66 bits per heavy atom. The number of ether oxygens (including phenoxy) is 1. The lowest BCUT2D eigenvalue weighted by Crippen LogP contribution is -2.42. The van der Waals surface area contributed by atoms with Gasteiger partial charge in [0.05, 0.1) is 31.9 Å². The molecular formula is C22H22N2O5. The average molecular weight is 394 g/mol. The van der Waals surface area contributed by atoms with Crippen LogP contribution in [0.4, 0.5) is 0 Å².